The topological polar surface area (TPSA) is 66.8 Å². The standard InChI is InChI=1S/C14H17NO4/c1-15(2)13(16)9-10-19-12-6-4-3-5-11(12)7-8-14(17)18/h3-8H,9-10H2,1-2H3,(H,17,18)/b8-7+. The molecule has 19 heavy (non-hydrogen) atoms. The van der Waals surface area contributed by atoms with E-state index in [1.807, 2.05) is 0 Å². The Morgan fingerprint density at radius 2 is 2.00 bits per heavy atom. The van der Waals surface area contributed by atoms with Gasteiger partial charge >= 0.3 is 5.97 Å². The van der Waals surface area contributed by atoms with E-state index in [9.17, 15) is 9.59 Å². The van der Waals surface area contributed by atoms with E-state index in [-0.39, 0.29) is 18.9 Å². The molecule has 0 aliphatic carbocycles. The summed E-state index contributed by atoms with van der Waals surface area (Å²) >= 11 is 0. The van der Waals surface area contributed by atoms with Gasteiger partial charge < -0.3 is 14.7 Å². The SMILES string of the molecule is CN(C)C(=O)CCOc1ccccc1/C=C/C(=O)O. The average molecular weight is 263 g/mol. The van der Waals surface area contributed by atoms with Crippen LogP contribution < -0.4 is 4.74 Å². The quantitative estimate of drug-likeness (QED) is 0.792. The van der Waals surface area contributed by atoms with Crippen molar-refractivity contribution in [3.63, 3.8) is 0 Å². The van der Waals surface area contributed by atoms with Crippen LogP contribution in [0.1, 0.15) is 12.0 Å². The third-order valence-electron chi connectivity index (χ3n) is 2.40. The summed E-state index contributed by atoms with van der Waals surface area (Å²) < 4.78 is 5.50. The summed E-state index contributed by atoms with van der Waals surface area (Å²) in [4.78, 5) is 23.4. The third kappa shape index (κ3) is 5.25. The van der Waals surface area contributed by atoms with Gasteiger partial charge in [-0.15, -0.1) is 0 Å². The number of hydrogen-bond donors (Lipinski definition) is 1. The lowest BCUT2D eigenvalue weighted by atomic mass is 10.2. The van der Waals surface area contributed by atoms with Crippen molar-refractivity contribution in [2.75, 3.05) is 20.7 Å². The van der Waals surface area contributed by atoms with E-state index in [0.29, 0.717) is 11.3 Å². The number of carboxylic acids is 1. The minimum Gasteiger partial charge on any atom is -0.492 e. The molecule has 0 spiro atoms. The molecule has 0 bridgehead atoms. The summed E-state index contributed by atoms with van der Waals surface area (Å²) in [5.41, 5.74) is 0.669. The van der Waals surface area contributed by atoms with Gasteiger partial charge in [0.2, 0.25) is 5.91 Å². The van der Waals surface area contributed by atoms with Crippen molar-refractivity contribution in [2.24, 2.45) is 0 Å². The highest BCUT2D eigenvalue weighted by Gasteiger charge is 2.05. The summed E-state index contributed by atoms with van der Waals surface area (Å²) in [6, 6.07) is 7.07. The number of ether oxygens (including phenoxy) is 1. The number of carbonyl (C=O) groups excluding carboxylic acids is 1. The predicted octanol–water partition coefficient (Wildman–Crippen LogP) is 1.64. The van der Waals surface area contributed by atoms with E-state index >= 15 is 0 Å². The molecule has 0 unspecified atom stereocenters. The van der Waals surface area contributed by atoms with Crippen LogP contribution in [0.15, 0.2) is 30.3 Å². The van der Waals surface area contributed by atoms with Crippen molar-refractivity contribution in [3.05, 3.63) is 35.9 Å². The molecular weight excluding hydrogens is 246 g/mol. The van der Waals surface area contributed by atoms with E-state index in [4.69, 9.17) is 9.84 Å². The van der Waals surface area contributed by atoms with Crippen molar-refractivity contribution in [3.8, 4) is 5.75 Å². The molecule has 1 rings (SSSR count). The van der Waals surface area contributed by atoms with E-state index in [1.54, 1.807) is 38.4 Å². The van der Waals surface area contributed by atoms with E-state index in [0.717, 1.165) is 6.08 Å². The number of aliphatic carboxylic acids is 1. The summed E-state index contributed by atoms with van der Waals surface area (Å²) in [5, 5.41) is 8.60. The fourth-order valence-corrected chi connectivity index (χ4v) is 1.38. The van der Waals surface area contributed by atoms with Gasteiger partial charge in [-0.2, -0.15) is 0 Å². The van der Waals surface area contributed by atoms with E-state index in [1.165, 1.54) is 11.0 Å². The summed E-state index contributed by atoms with van der Waals surface area (Å²) in [7, 11) is 3.37. The van der Waals surface area contributed by atoms with Crippen LogP contribution in [0.25, 0.3) is 6.08 Å². The fraction of sp³-hybridized carbons (Fsp3) is 0.286. The maximum absolute atomic E-state index is 11.4. The molecular formula is C14H17NO4. The number of nitrogens with zero attached hydrogens (tertiary/aromatic N) is 1. The Hall–Kier alpha value is -2.30. The van der Waals surface area contributed by atoms with Crippen LogP contribution >= 0.6 is 0 Å². The van der Waals surface area contributed by atoms with Gasteiger partial charge in [0.15, 0.2) is 0 Å². The highest BCUT2D eigenvalue weighted by atomic mass is 16.5. The first-order chi connectivity index (χ1) is 9.00. The maximum Gasteiger partial charge on any atom is 0.328 e. The second-order valence-electron chi connectivity index (χ2n) is 4.10. The molecule has 0 heterocycles. The Balaban J connectivity index is 2.63. The molecule has 1 N–H and O–H groups in total. The Morgan fingerprint density at radius 1 is 1.32 bits per heavy atom. The minimum atomic E-state index is -1.02. The third-order valence-corrected chi connectivity index (χ3v) is 2.40. The molecule has 5 heteroatoms. The highest BCUT2D eigenvalue weighted by molar-refractivity contribution is 5.85. The lowest BCUT2D eigenvalue weighted by molar-refractivity contribution is -0.131. The predicted molar refractivity (Wildman–Crippen MR) is 71.9 cm³/mol. The van der Waals surface area contributed by atoms with E-state index in [2.05, 4.69) is 0 Å². The first kappa shape index (κ1) is 14.8. The molecule has 1 aromatic carbocycles. The fourth-order valence-electron chi connectivity index (χ4n) is 1.38. The number of carbonyl (C=O) groups is 2. The van der Waals surface area contributed by atoms with Gasteiger partial charge in [0.25, 0.3) is 0 Å². The molecule has 102 valence electrons. The molecule has 1 amide bonds. The van der Waals surface area contributed by atoms with Crippen LogP contribution in [0.3, 0.4) is 0 Å². The Bertz CT molecular complexity index is 480. The van der Waals surface area contributed by atoms with Crippen LogP contribution in [0, 0.1) is 0 Å². The Morgan fingerprint density at radius 3 is 2.63 bits per heavy atom. The van der Waals surface area contributed by atoms with Gasteiger partial charge in [-0.3, -0.25) is 4.79 Å². The van der Waals surface area contributed by atoms with Crippen molar-refractivity contribution in [1.29, 1.82) is 0 Å². The number of carboxylic acid groups (broad SMARTS) is 1. The zero-order valence-electron chi connectivity index (χ0n) is 11.0. The molecule has 5 nitrogen and oxygen atoms in total. The molecule has 0 radical (unpaired) electrons. The lowest BCUT2D eigenvalue weighted by Gasteiger charge is -2.12. The number of amides is 1. The molecule has 0 aliphatic heterocycles. The van der Waals surface area contributed by atoms with Crippen LogP contribution in [-0.4, -0.2) is 42.6 Å². The van der Waals surface area contributed by atoms with Gasteiger partial charge in [0, 0.05) is 25.7 Å². The molecule has 0 aliphatic rings. The normalized spacial score (nSPS) is 10.4. The molecule has 0 aromatic heterocycles. The second kappa shape index (κ2) is 7.20. The number of hydrogen-bond acceptors (Lipinski definition) is 3. The first-order valence-corrected chi connectivity index (χ1v) is 5.83. The van der Waals surface area contributed by atoms with E-state index < -0.39 is 5.97 Å². The monoisotopic (exact) mass is 263 g/mol. The average Bonchev–Trinajstić information content (AvgIpc) is 2.37. The van der Waals surface area contributed by atoms with Crippen LogP contribution in [0.2, 0.25) is 0 Å². The van der Waals surface area contributed by atoms with Gasteiger partial charge in [0.05, 0.1) is 13.0 Å². The van der Waals surface area contributed by atoms with Crippen molar-refractivity contribution >= 4 is 18.0 Å². The Labute approximate surface area is 112 Å². The number of rotatable bonds is 6. The minimum absolute atomic E-state index is 0.0152. The van der Waals surface area contributed by atoms with Crippen molar-refractivity contribution in [2.45, 2.75) is 6.42 Å². The Kier molecular flexibility index (Phi) is 5.60. The molecule has 0 saturated heterocycles. The highest BCUT2D eigenvalue weighted by Crippen LogP contribution is 2.19. The zero-order chi connectivity index (χ0) is 14.3. The number of benzene rings is 1. The summed E-state index contributed by atoms with van der Waals surface area (Å²) in [6.07, 6.45) is 2.79. The molecule has 0 fully saturated rings. The number of para-hydroxylation sites is 1. The van der Waals surface area contributed by atoms with Gasteiger partial charge in [-0.1, -0.05) is 18.2 Å². The van der Waals surface area contributed by atoms with Gasteiger partial charge in [0.1, 0.15) is 5.75 Å². The van der Waals surface area contributed by atoms with Gasteiger partial charge in [-0.25, -0.2) is 4.79 Å². The van der Waals surface area contributed by atoms with Crippen molar-refractivity contribution in [1.82, 2.24) is 4.90 Å². The lowest BCUT2D eigenvalue weighted by Crippen LogP contribution is -2.23. The summed E-state index contributed by atoms with van der Waals surface area (Å²) in [5.74, 6) is -0.470. The van der Waals surface area contributed by atoms with Crippen LogP contribution in [0.4, 0.5) is 0 Å². The zero-order valence-corrected chi connectivity index (χ0v) is 11.0. The smallest absolute Gasteiger partial charge is 0.328 e. The maximum atomic E-state index is 11.4. The van der Waals surface area contributed by atoms with Crippen molar-refractivity contribution < 1.29 is 19.4 Å². The first-order valence-electron chi connectivity index (χ1n) is 5.83. The molecule has 1 aromatic rings. The second-order valence-corrected chi connectivity index (χ2v) is 4.10. The largest absolute Gasteiger partial charge is 0.492 e. The summed E-state index contributed by atoms with van der Waals surface area (Å²) in [6.45, 7) is 0.259. The molecule has 0 saturated carbocycles. The van der Waals surface area contributed by atoms with Gasteiger partial charge in [-0.05, 0) is 12.1 Å². The van der Waals surface area contributed by atoms with Crippen LogP contribution in [0.5, 0.6) is 5.75 Å². The van der Waals surface area contributed by atoms with Crippen LogP contribution in [-0.2, 0) is 9.59 Å². The molecule has 0 atom stereocenters.